The van der Waals surface area contributed by atoms with E-state index < -0.39 is 0 Å². The van der Waals surface area contributed by atoms with Crippen molar-refractivity contribution < 1.29 is 4.39 Å². The number of nitrogens with zero attached hydrogens (tertiary/aromatic N) is 1. The lowest BCUT2D eigenvalue weighted by Crippen LogP contribution is -2.09. The molecule has 0 aliphatic rings. The molecule has 0 aliphatic carbocycles. The molecule has 0 saturated carbocycles. The Morgan fingerprint density at radius 1 is 1.32 bits per heavy atom. The molecule has 0 fully saturated rings. The van der Waals surface area contributed by atoms with E-state index in [0.717, 1.165) is 21.4 Å². The van der Waals surface area contributed by atoms with E-state index in [-0.39, 0.29) is 11.9 Å². The Morgan fingerprint density at radius 2 is 2.05 bits per heavy atom. The van der Waals surface area contributed by atoms with Crippen molar-refractivity contribution in [3.05, 3.63) is 57.0 Å². The van der Waals surface area contributed by atoms with Crippen molar-refractivity contribution in [1.29, 1.82) is 0 Å². The largest absolute Gasteiger partial charge is 0.377 e. The normalized spacial score (nSPS) is 12.3. The van der Waals surface area contributed by atoms with Gasteiger partial charge in [0.2, 0.25) is 0 Å². The van der Waals surface area contributed by atoms with Crippen LogP contribution in [0.25, 0.3) is 0 Å². The maximum Gasteiger partial charge on any atom is 0.129 e. The Kier molecular flexibility index (Phi) is 4.42. The molecule has 0 radical (unpaired) electrons. The molecule has 1 aromatic heterocycles. The molecule has 1 N–H and O–H groups in total. The van der Waals surface area contributed by atoms with Crippen LogP contribution in [0.1, 0.15) is 24.2 Å². The zero-order valence-electron chi connectivity index (χ0n) is 10.5. The number of hydrogen-bond donors (Lipinski definition) is 1. The van der Waals surface area contributed by atoms with Crippen molar-refractivity contribution in [2.45, 2.75) is 19.9 Å². The molecule has 2 nitrogen and oxygen atoms in total. The molecule has 5 heteroatoms. The molecule has 1 unspecified atom stereocenters. The van der Waals surface area contributed by atoms with Gasteiger partial charge >= 0.3 is 0 Å². The van der Waals surface area contributed by atoms with E-state index in [9.17, 15) is 4.39 Å². The van der Waals surface area contributed by atoms with Gasteiger partial charge in [0, 0.05) is 10.5 Å². The van der Waals surface area contributed by atoms with Gasteiger partial charge < -0.3 is 5.32 Å². The standard InChI is InChI=1S/C14H13BrClFN2/c1-8(11-4-3-10(17)7-12(11)15)18-13-5-6-14(16)19-9(13)2/h3-8,18H,1-2H3. The first-order valence-electron chi connectivity index (χ1n) is 5.82. The molecule has 1 aromatic carbocycles. The van der Waals surface area contributed by atoms with Gasteiger partial charge in [0.1, 0.15) is 11.0 Å². The number of nitrogens with one attached hydrogen (secondary N) is 1. The molecular weight excluding hydrogens is 331 g/mol. The fraction of sp³-hybridized carbons (Fsp3) is 0.214. The second-order valence-corrected chi connectivity index (χ2v) is 5.54. The topological polar surface area (TPSA) is 24.9 Å². The third kappa shape index (κ3) is 3.45. The number of aryl methyl sites for hydroxylation is 1. The lowest BCUT2D eigenvalue weighted by molar-refractivity contribution is 0.625. The van der Waals surface area contributed by atoms with E-state index in [1.807, 2.05) is 19.9 Å². The molecule has 1 atom stereocenters. The molecule has 0 bridgehead atoms. The number of halogens is 3. The fourth-order valence-electron chi connectivity index (χ4n) is 1.85. The second-order valence-electron chi connectivity index (χ2n) is 4.30. The summed E-state index contributed by atoms with van der Waals surface area (Å²) < 4.78 is 13.8. The van der Waals surface area contributed by atoms with E-state index in [2.05, 4.69) is 26.2 Å². The molecule has 2 rings (SSSR count). The average molecular weight is 344 g/mol. The summed E-state index contributed by atoms with van der Waals surface area (Å²) in [7, 11) is 0. The summed E-state index contributed by atoms with van der Waals surface area (Å²) in [6.07, 6.45) is 0. The third-order valence-electron chi connectivity index (χ3n) is 2.85. The average Bonchev–Trinajstić information content (AvgIpc) is 2.32. The first-order valence-corrected chi connectivity index (χ1v) is 6.99. The lowest BCUT2D eigenvalue weighted by Gasteiger charge is -2.18. The highest BCUT2D eigenvalue weighted by Gasteiger charge is 2.11. The van der Waals surface area contributed by atoms with Crippen LogP contribution in [0.4, 0.5) is 10.1 Å². The Labute approximate surface area is 125 Å². The van der Waals surface area contributed by atoms with Crippen LogP contribution in [0, 0.1) is 12.7 Å². The van der Waals surface area contributed by atoms with E-state index >= 15 is 0 Å². The van der Waals surface area contributed by atoms with E-state index in [1.165, 1.54) is 12.1 Å². The molecule has 0 spiro atoms. The number of aromatic nitrogens is 1. The van der Waals surface area contributed by atoms with Crippen LogP contribution in [0.5, 0.6) is 0 Å². The van der Waals surface area contributed by atoms with E-state index in [1.54, 1.807) is 12.1 Å². The third-order valence-corrected chi connectivity index (χ3v) is 3.75. The van der Waals surface area contributed by atoms with Crippen LogP contribution >= 0.6 is 27.5 Å². The van der Waals surface area contributed by atoms with E-state index in [4.69, 9.17) is 11.6 Å². The van der Waals surface area contributed by atoms with Crippen molar-refractivity contribution in [1.82, 2.24) is 4.98 Å². The van der Waals surface area contributed by atoms with Crippen LogP contribution in [-0.2, 0) is 0 Å². The van der Waals surface area contributed by atoms with Gasteiger partial charge in [0.25, 0.3) is 0 Å². The van der Waals surface area contributed by atoms with Gasteiger partial charge in [-0.05, 0) is 43.7 Å². The van der Waals surface area contributed by atoms with Crippen molar-refractivity contribution in [2.75, 3.05) is 5.32 Å². The summed E-state index contributed by atoms with van der Waals surface area (Å²) in [6, 6.07) is 8.32. The monoisotopic (exact) mass is 342 g/mol. The minimum Gasteiger partial charge on any atom is -0.377 e. The highest BCUT2D eigenvalue weighted by atomic mass is 79.9. The zero-order valence-corrected chi connectivity index (χ0v) is 12.9. The first kappa shape index (κ1) is 14.3. The Bertz CT molecular complexity index is 604. The van der Waals surface area contributed by atoms with Gasteiger partial charge in [-0.2, -0.15) is 0 Å². The number of anilines is 1. The van der Waals surface area contributed by atoms with Gasteiger partial charge in [-0.1, -0.05) is 33.6 Å². The van der Waals surface area contributed by atoms with Gasteiger partial charge in [0.05, 0.1) is 11.4 Å². The molecule has 0 saturated heterocycles. The summed E-state index contributed by atoms with van der Waals surface area (Å²) in [5.41, 5.74) is 2.72. The maximum atomic E-state index is 13.1. The molecule has 0 aliphatic heterocycles. The molecular formula is C14H13BrClFN2. The molecule has 2 aromatic rings. The molecule has 19 heavy (non-hydrogen) atoms. The Balaban J connectivity index is 2.23. The minimum absolute atomic E-state index is 0.0247. The summed E-state index contributed by atoms with van der Waals surface area (Å²) in [5, 5.41) is 3.81. The predicted molar refractivity (Wildman–Crippen MR) is 80.1 cm³/mol. The summed E-state index contributed by atoms with van der Waals surface area (Å²) >= 11 is 9.20. The maximum absolute atomic E-state index is 13.1. The predicted octanol–water partition coefficient (Wildman–Crippen LogP) is 5.12. The quantitative estimate of drug-likeness (QED) is 0.783. The molecule has 1 heterocycles. The Hall–Kier alpha value is -1.13. The number of pyridine rings is 1. The number of hydrogen-bond acceptors (Lipinski definition) is 2. The Morgan fingerprint density at radius 3 is 2.68 bits per heavy atom. The van der Waals surface area contributed by atoms with Crippen molar-refractivity contribution in [2.24, 2.45) is 0 Å². The van der Waals surface area contributed by atoms with Crippen molar-refractivity contribution in [3.63, 3.8) is 0 Å². The molecule has 100 valence electrons. The van der Waals surface area contributed by atoms with Gasteiger partial charge in [0.15, 0.2) is 0 Å². The summed E-state index contributed by atoms with van der Waals surface area (Å²) in [6.45, 7) is 3.90. The van der Waals surface area contributed by atoms with E-state index in [0.29, 0.717) is 5.15 Å². The highest BCUT2D eigenvalue weighted by Crippen LogP contribution is 2.28. The fourth-order valence-corrected chi connectivity index (χ4v) is 2.73. The van der Waals surface area contributed by atoms with Crippen LogP contribution in [0.2, 0.25) is 5.15 Å². The van der Waals surface area contributed by atoms with Crippen molar-refractivity contribution in [3.8, 4) is 0 Å². The van der Waals surface area contributed by atoms with Crippen LogP contribution in [0.3, 0.4) is 0 Å². The SMILES string of the molecule is Cc1nc(Cl)ccc1NC(C)c1ccc(F)cc1Br. The van der Waals surface area contributed by atoms with Crippen LogP contribution in [0.15, 0.2) is 34.8 Å². The number of rotatable bonds is 3. The van der Waals surface area contributed by atoms with Gasteiger partial charge in [-0.3, -0.25) is 0 Å². The molecule has 0 amide bonds. The number of benzene rings is 1. The van der Waals surface area contributed by atoms with Gasteiger partial charge in [-0.15, -0.1) is 0 Å². The first-order chi connectivity index (χ1) is 8.97. The highest BCUT2D eigenvalue weighted by molar-refractivity contribution is 9.10. The lowest BCUT2D eigenvalue weighted by atomic mass is 10.1. The minimum atomic E-state index is -0.257. The summed E-state index contributed by atoms with van der Waals surface area (Å²) in [5.74, 6) is -0.257. The summed E-state index contributed by atoms with van der Waals surface area (Å²) in [4.78, 5) is 4.19. The van der Waals surface area contributed by atoms with Crippen LogP contribution < -0.4 is 5.32 Å². The van der Waals surface area contributed by atoms with Crippen molar-refractivity contribution >= 4 is 33.2 Å². The zero-order chi connectivity index (χ0) is 14.0. The second kappa shape index (κ2) is 5.88. The van der Waals surface area contributed by atoms with Crippen LogP contribution in [-0.4, -0.2) is 4.98 Å². The smallest absolute Gasteiger partial charge is 0.129 e. The van der Waals surface area contributed by atoms with Gasteiger partial charge in [-0.25, -0.2) is 9.37 Å².